The van der Waals surface area contributed by atoms with Crippen LogP contribution in [0.1, 0.15) is 29.3 Å². The van der Waals surface area contributed by atoms with E-state index in [1.54, 1.807) is 12.1 Å². The van der Waals surface area contributed by atoms with Crippen molar-refractivity contribution in [2.75, 3.05) is 5.32 Å². The second kappa shape index (κ2) is 7.64. The lowest BCUT2D eigenvalue weighted by atomic mass is 10.1. The molecular weight excluding hydrogens is 360 g/mol. The van der Waals surface area contributed by atoms with Gasteiger partial charge >= 0.3 is 0 Å². The van der Waals surface area contributed by atoms with Crippen molar-refractivity contribution < 1.29 is 8.78 Å². The van der Waals surface area contributed by atoms with Crippen LogP contribution in [0.3, 0.4) is 0 Å². The zero-order chi connectivity index (χ0) is 20.3. The Morgan fingerprint density at radius 1 is 1.14 bits per heavy atom. The number of nitrogens with zero attached hydrogens (tertiary/aromatic N) is 2. The summed E-state index contributed by atoms with van der Waals surface area (Å²) in [5.41, 5.74) is 9.46. The minimum absolute atomic E-state index is 0.0586. The number of aromatic nitrogens is 2. The van der Waals surface area contributed by atoms with Crippen LogP contribution in [-0.4, -0.2) is 16.0 Å². The van der Waals surface area contributed by atoms with Crippen molar-refractivity contribution in [2.45, 2.75) is 19.8 Å². The van der Waals surface area contributed by atoms with Gasteiger partial charge in [0.05, 0.1) is 11.3 Å². The number of aryl methyl sites for hydroxylation is 1. The molecule has 0 spiro atoms. The molecule has 5 nitrogen and oxygen atoms in total. The molecular formula is C21H21F2N5. The van der Waals surface area contributed by atoms with Gasteiger partial charge in [0.25, 0.3) is 5.92 Å². The molecule has 1 heterocycles. The summed E-state index contributed by atoms with van der Waals surface area (Å²) in [6.07, 6.45) is 0. The molecule has 28 heavy (non-hydrogen) atoms. The Morgan fingerprint density at radius 2 is 1.79 bits per heavy atom. The van der Waals surface area contributed by atoms with E-state index in [2.05, 4.69) is 27.1 Å². The Morgan fingerprint density at radius 3 is 2.39 bits per heavy atom. The van der Waals surface area contributed by atoms with Crippen molar-refractivity contribution in [3.63, 3.8) is 0 Å². The normalized spacial score (nSPS) is 12.1. The van der Waals surface area contributed by atoms with E-state index in [1.165, 1.54) is 12.1 Å². The van der Waals surface area contributed by atoms with Gasteiger partial charge in [0.1, 0.15) is 5.84 Å². The number of benzene rings is 2. The van der Waals surface area contributed by atoms with Crippen LogP contribution in [0.5, 0.6) is 0 Å². The van der Waals surface area contributed by atoms with Gasteiger partial charge in [0.2, 0.25) is 0 Å². The molecule has 0 fully saturated rings. The highest BCUT2D eigenvalue weighted by Gasteiger charge is 2.23. The van der Waals surface area contributed by atoms with E-state index in [-0.39, 0.29) is 11.4 Å². The van der Waals surface area contributed by atoms with Crippen molar-refractivity contribution in [3.05, 3.63) is 83.6 Å². The molecule has 4 N–H and O–H groups in total. The number of aromatic amines is 1. The molecule has 144 valence electrons. The number of hydrogen-bond acceptors (Lipinski definition) is 3. The van der Waals surface area contributed by atoms with Crippen LogP contribution in [0.4, 0.5) is 20.3 Å². The predicted molar refractivity (Wildman–Crippen MR) is 109 cm³/mol. The highest BCUT2D eigenvalue weighted by Crippen LogP contribution is 2.29. The largest absolute Gasteiger partial charge is 0.383 e. The number of halogens is 2. The Balaban J connectivity index is 1.85. The third kappa shape index (κ3) is 4.25. The molecule has 0 radical (unpaired) electrons. The molecule has 0 atom stereocenters. The summed E-state index contributed by atoms with van der Waals surface area (Å²) in [6.45, 7) is 6.65. The van der Waals surface area contributed by atoms with Gasteiger partial charge in [-0.25, -0.2) is 13.8 Å². The standard InChI is InChI=1S/C21H21F2N5/c1-13(15-7-5-4-6-8-15)25-19(24)18-14(2)27-28-20(18)26-17-11-9-16(10-12-17)21(3,22)23/h4-12H,1H2,2-3H3,(H2,24,25)(H2,26,27,28). The molecule has 0 unspecified atom stereocenters. The van der Waals surface area contributed by atoms with E-state index in [1.807, 2.05) is 37.3 Å². The molecule has 0 amide bonds. The van der Waals surface area contributed by atoms with Crippen molar-refractivity contribution in [3.8, 4) is 0 Å². The molecule has 0 aliphatic heterocycles. The average molecular weight is 381 g/mol. The Bertz CT molecular complexity index is 1000. The van der Waals surface area contributed by atoms with Crippen molar-refractivity contribution in [2.24, 2.45) is 10.7 Å². The highest BCUT2D eigenvalue weighted by atomic mass is 19.3. The van der Waals surface area contributed by atoms with Gasteiger partial charge in [-0.15, -0.1) is 0 Å². The minimum atomic E-state index is -2.89. The van der Waals surface area contributed by atoms with E-state index >= 15 is 0 Å². The van der Waals surface area contributed by atoms with Crippen molar-refractivity contribution >= 4 is 23.0 Å². The number of rotatable bonds is 6. The maximum atomic E-state index is 13.4. The first-order valence-electron chi connectivity index (χ1n) is 8.65. The highest BCUT2D eigenvalue weighted by molar-refractivity contribution is 6.05. The maximum Gasteiger partial charge on any atom is 0.270 e. The monoisotopic (exact) mass is 381 g/mol. The number of aliphatic imine (C=N–C) groups is 1. The fourth-order valence-electron chi connectivity index (χ4n) is 2.71. The van der Waals surface area contributed by atoms with E-state index < -0.39 is 5.92 Å². The maximum absolute atomic E-state index is 13.4. The fourth-order valence-corrected chi connectivity index (χ4v) is 2.71. The molecule has 0 aliphatic rings. The van der Waals surface area contributed by atoms with E-state index in [9.17, 15) is 8.78 Å². The van der Waals surface area contributed by atoms with Crippen LogP contribution in [0.15, 0.2) is 66.2 Å². The third-order valence-electron chi connectivity index (χ3n) is 4.22. The first-order chi connectivity index (χ1) is 13.3. The summed E-state index contributed by atoms with van der Waals surface area (Å²) < 4.78 is 26.7. The SMILES string of the molecule is C=C(N=C(N)c1c(Nc2ccc(C(C)(F)F)cc2)n[nH]c1C)c1ccccc1. The van der Waals surface area contributed by atoms with Gasteiger partial charge in [-0.3, -0.25) is 5.10 Å². The Hall–Kier alpha value is -3.48. The molecule has 7 heteroatoms. The lowest BCUT2D eigenvalue weighted by Gasteiger charge is -2.12. The quantitative estimate of drug-likeness (QED) is 0.417. The lowest BCUT2D eigenvalue weighted by molar-refractivity contribution is 0.0175. The second-order valence-corrected chi connectivity index (χ2v) is 6.47. The summed E-state index contributed by atoms with van der Waals surface area (Å²) in [4.78, 5) is 4.40. The number of alkyl halides is 2. The number of H-pyrrole nitrogens is 1. The topological polar surface area (TPSA) is 79.1 Å². The first-order valence-corrected chi connectivity index (χ1v) is 8.65. The third-order valence-corrected chi connectivity index (χ3v) is 4.22. The van der Waals surface area contributed by atoms with Crippen LogP contribution in [0.25, 0.3) is 5.70 Å². The zero-order valence-corrected chi connectivity index (χ0v) is 15.6. The average Bonchev–Trinajstić information content (AvgIpc) is 3.02. The summed E-state index contributed by atoms with van der Waals surface area (Å²) >= 11 is 0. The molecule has 3 rings (SSSR count). The van der Waals surface area contributed by atoms with Gasteiger partial charge in [-0.2, -0.15) is 5.10 Å². The van der Waals surface area contributed by atoms with Crippen LogP contribution in [0.2, 0.25) is 0 Å². The lowest BCUT2D eigenvalue weighted by Crippen LogP contribution is -2.16. The number of nitrogens with two attached hydrogens (primary N) is 1. The van der Waals surface area contributed by atoms with Gasteiger partial charge in [0, 0.05) is 23.9 Å². The fraction of sp³-hybridized carbons (Fsp3) is 0.143. The second-order valence-electron chi connectivity index (χ2n) is 6.47. The van der Waals surface area contributed by atoms with E-state index in [0.717, 1.165) is 18.2 Å². The molecule has 2 aromatic carbocycles. The van der Waals surface area contributed by atoms with Crippen LogP contribution >= 0.6 is 0 Å². The Kier molecular flexibility index (Phi) is 5.26. The molecule has 3 aromatic rings. The van der Waals surface area contributed by atoms with Crippen molar-refractivity contribution in [1.82, 2.24) is 10.2 Å². The van der Waals surface area contributed by atoms with Gasteiger partial charge in [0.15, 0.2) is 5.82 Å². The summed E-state index contributed by atoms with van der Waals surface area (Å²) in [7, 11) is 0. The molecule has 0 bridgehead atoms. The van der Waals surface area contributed by atoms with Crippen LogP contribution < -0.4 is 11.1 Å². The van der Waals surface area contributed by atoms with E-state index in [0.29, 0.717) is 22.8 Å². The smallest absolute Gasteiger partial charge is 0.270 e. The molecule has 0 saturated heterocycles. The van der Waals surface area contributed by atoms with E-state index in [4.69, 9.17) is 5.73 Å². The van der Waals surface area contributed by atoms with Gasteiger partial charge < -0.3 is 11.1 Å². The number of nitrogens with one attached hydrogen (secondary N) is 2. The summed E-state index contributed by atoms with van der Waals surface area (Å²) in [6, 6.07) is 15.4. The van der Waals surface area contributed by atoms with Gasteiger partial charge in [-0.05, 0) is 24.6 Å². The zero-order valence-electron chi connectivity index (χ0n) is 15.6. The number of anilines is 2. The van der Waals surface area contributed by atoms with Gasteiger partial charge in [-0.1, -0.05) is 49.0 Å². The first kappa shape index (κ1) is 19.3. The molecule has 0 saturated carbocycles. The molecule has 1 aromatic heterocycles. The molecule has 0 aliphatic carbocycles. The number of amidine groups is 1. The van der Waals surface area contributed by atoms with Crippen molar-refractivity contribution in [1.29, 1.82) is 0 Å². The predicted octanol–water partition coefficient (Wildman–Crippen LogP) is 4.95. The summed E-state index contributed by atoms with van der Waals surface area (Å²) in [5.74, 6) is -2.18. The number of hydrogen-bond donors (Lipinski definition) is 3. The van der Waals surface area contributed by atoms with Crippen LogP contribution in [0, 0.1) is 6.92 Å². The minimum Gasteiger partial charge on any atom is -0.383 e. The Labute approximate surface area is 162 Å². The summed E-state index contributed by atoms with van der Waals surface area (Å²) in [5, 5.41) is 10.2. The van der Waals surface area contributed by atoms with Crippen LogP contribution in [-0.2, 0) is 5.92 Å².